The van der Waals surface area contributed by atoms with Crippen LogP contribution in [0.1, 0.15) is 25.5 Å². The Labute approximate surface area is 102 Å². The molecule has 0 aromatic heterocycles. The molecule has 0 radical (unpaired) electrons. The summed E-state index contributed by atoms with van der Waals surface area (Å²) in [4.78, 5) is 1.89. The van der Waals surface area contributed by atoms with Gasteiger partial charge in [-0.1, -0.05) is 6.07 Å². The van der Waals surface area contributed by atoms with Gasteiger partial charge in [0.25, 0.3) is 0 Å². The summed E-state index contributed by atoms with van der Waals surface area (Å²) < 4.78 is 18.9. The van der Waals surface area contributed by atoms with Crippen LogP contribution in [0, 0.1) is 5.82 Å². The van der Waals surface area contributed by atoms with Crippen molar-refractivity contribution in [3.8, 4) is 0 Å². The lowest BCUT2D eigenvalue weighted by Gasteiger charge is -2.23. The van der Waals surface area contributed by atoms with Gasteiger partial charge in [-0.25, -0.2) is 4.39 Å². The number of rotatable bonds is 6. The van der Waals surface area contributed by atoms with Crippen molar-refractivity contribution in [1.29, 1.82) is 0 Å². The Hall–Kier alpha value is -1.13. The van der Waals surface area contributed by atoms with Gasteiger partial charge >= 0.3 is 0 Å². The quantitative estimate of drug-likeness (QED) is 0.776. The van der Waals surface area contributed by atoms with Crippen LogP contribution < -0.4 is 4.90 Å². The maximum atomic E-state index is 13.6. The number of likely N-dealkylation sites (N-methyl/N-ethyl adjacent to an activating group) is 1. The zero-order valence-corrected chi connectivity index (χ0v) is 10.6. The molecule has 0 aliphatic rings. The molecule has 1 aromatic carbocycles. The van der Waals surface area contributed by atoms with E-state index < -0.39 is 6.10 Å². The highest BCUT2D eigenvalue weighted by Gasteiger charge is 2.15. The van der Waals surface area contributed by atoms with E-state index >= 15 is 0 Å². The molecule has 0 bridgehead atoms. The topological polar surface area (TPSA) is 32.7 Å². The smallest absolute Gasteiger partial charge is 0.131 e. The lowest BCUT2D eigenvalue weighted by molar-refractivity contribution is 0.154. The van der Waals surface area contributed by atoms with Crippen LogP contribution in [-0.4, -0.2) is 31.9 Å². The van der Waals surface area contributed by atoms with Crippen molar-refractivity contribution in [2.75, 3.05) is 31.7 Å². The fourth-order valence-electron chi connectivity index (χ4n) is 1.74. The molecule has 0 aliphatic carbocycles. The first-order valence-corrected chi connectivity index (χ1v) is 5.83. The Morgan fingerprint density at radius 1 is 1.47 bits per heavy atom. The average Bonchev–Trinajstić information content (AvgIpc) is 2.28. The number of ether oxygens (including phenoxy) is 1. The van der Waals surface area contributed by atoms with Crippen molar-refractivity contribution >= 4 is 5.69 Å². The number of benzene rings is 1. The number of anilines is 1. The SMILES string of the molecule is CCOCCN(C)c1cccc(F)c1[C@H](C)O. The van der Waals surface area contributed by atoms with E-state index in [4.69, 9.17) is 4.74 Å². The fourth-order valence-corrected chi connectivity index (χ4v) is 1.74. The molecule has 0 fully saturated rings. The van der Waals surface area contributed by atoms with Crippen molar-refractivity contribution < 1.29 is 14.2 Å². The van der Waals surface area contributed by atoms with Gasteiger partial charge in [0.1, 0.15) is 5.82 Å². The summed E-state index contributed by atoms with van der Waals surface area (Å²) in [5.41, 5.74) is 1.05. The molecule has 4 heteroatoms. The molecule has 0 heterocycles. The average molecular weight is 241 g/mol. The molecule has 1 N–H and O–H groups in total. The Bertz CT molecular complexity index is 355. The van der Waals surface area contributed by atoms with E-state index in [0.717, 1.165) is 0 Å². The number of hydrogen-bond donors (Lipinski definition) is 1. The van der Waals surface area contributed by atoms with Crippen LogP contribution >= 0.6 is 0 Å². The minimum absolute atomic E-state index is 0.339. The van der Waals surface area contributed by atoms with E-state index in [1.807, 2.05) is 18.9 Å². The van der Waals surface area contributed by atoms with Crippen molar-refractivity contribution in [3.05, 3.63) is 29.6 Å². The van der Waals surface area contributed by atoms with E-state index in [1.54, 1.807) is 19.1 Å². The third kappa shape index (κ3) is 3.68. The third-order valence-electron chi connectivity index (χ3n) is 2.63. The molecule has 0 aliphatic heterocycles. The predicted molar refractivity (Wildman–Crippen MR) is 66.8 cm³/mol. The number of aliphatic hydroxyl groups excluding tert-OH is 1. The summed E-state index contributed by atoms with van der Waals surface area (Å²) in [6.07, 6.45) is -0.819. The monoisotopic (exact) mass is 241 g/mol. The van der Waals surface area contributed by atoms with E-state index in [-0.39, 0.29) is 5.82 Å². The van der Waals surface area contributed by atoms with Crippen LogP contribution in [0.15, 0.2) is 18.2 Å². The summed E-state index contributed by atoms with van der Waals surface area (Å²) in [5, 5.41) is 9.61. The first-order valence-electron chi connectivity index (χ1n) is 5.83. The van der Waals surface area contributed by atoms with Gasteiger partial charge in [-0.2, -0.15) is 0 Å². The van der Waals surface area contributed by atoms with Crippen LogP contribution in [0.3, 0.4) is 0 Å². The largest absolute Gasteiger partial charge is 0.389 e. The van der Waals surface area contributed by atoms with E-state index in [9.17, 15) is 9.50 Å². The number of nitrogens with zero attached hydrogens (tertiary/aromatic N) is 1. The van der Waals surface area contributed by atoms with Gasteiger partial charge in [0.2, 0.25) is 0 Å². The van der Waals surface area contributed by atoms with Crippen molar-refractivity contribution in [2.45, 2.75) is 20.0 Å². The highest BCUT2D eigenvalue weighted by atomic mass is 19.1. The molecular weight excluding hydrogens is 221 g/mol. The fraction of sp³-hybridized carbons (Fsp3) is 0.538. The lowest BCUT2D eigenvalue weighted by Crippen LogP contribution is -2.24. The van der Waals surface area contributed by atoms with Crippen LogP contribution in [0.25, 0.3) is 0 Å². The number of hydrogen-bond acceptors (Lipinski definition) is 3. The van der Waals surface area contributed by atoms with Gasteiger partial charge in [0.15, 0.2) is 0 Å². The first-order chi connectivity index (χ1) is 8.07. The van der Waals surface area contributed by atoms with Gasteiger partial charge in [-0.05, 0) is 26.0 Å². The molecular formula is C13H20FNO2. The van der Waals surface area contributed by atoms with Crippen LogP contribution in [0.5, 0.6) is 0 Å². The third-order valence-corrected chi connectivity index (χ3v) is 2.63. The highest BCUT2D eigenvalue weighted by molar-refractivity contribution is 5.54. The van der Waals surface area contributed by atoms with Crippen LogP contribution in [-0.2, 0) is 4.74 Å². The second kappa shape index (κ2) is 6.57. The van der Waals surface area contributed by atoms with Crippen LogP contribution in [0.2, 0.25) is 0 Å². The Kier molecular flexibility index (Phi) is 5.38. The molecule has 1 rings (SSSR count). The predicted octanol–water partition coefficient (Wildman–Crippen LogP) is 2.35. The summed E-state index contributed by atoms with van der Waals surface area (Å²) in [6, 6.07) is 4.81. The van der Waals surface area contributed by atoms with Gasteiger partial charge in [0, 0.05) is 31.5 Å². The summed E-state index contributed by atoms with van der Waals surface area (Å²) in [6.45, 7) is 5.42. The molecule has 96 valence electrons. The minimum atomic E-state index is -0.819. The molecule has 0 amide bonds. The minimum Gasteiger partial charge on any atom is -0.389 e. The van der Waals surface area contributed by atoms with Gasteiger partial charge in [-0.15, -0.1) is 0 Å². The Morgan fingerprint density at radius 3 is 2.76 bits per heavy atom. The normalized spacial score (nSPS) is 12.5. The van der Waals surface area contributed by atoms with E-state index in [2.05, 4.69) is 0 Å². The summed E-state index contributed by atoms with van der Waals surface area (Å²) in [7, 11) is 1.86. The zero-order valence-electron chi connectivity index (χ0n) is 10.6. The molecule has 1 atom stereocenters. The molecule has 0 saturated heterocycles. The maximum Gasteiger partial charge on any atom is 0.131 e. The van der Waals surface area contributed by atoms with Crippen molar-refractivity contribution in [2.24, 2.45) is 0 Å². The Balaban J connectivity index is 2.85. The second-order valence-electron chi connectivity index (χ2n) is 3.97. The first kappa shape index (κ1) is 13.9. The molecule has 17 heavy (non-hydrogen) atoms. The molecule has 0 unspecified atom stereocenters. The summed E-state index contributed by atoms with van der Waals surface area (Å²) in [5.74, 6) is -0.374. The molecule has 0 spiro atoms. The maximum absolute atomic E-state index is 13.6. The van der Waals surface area contributed by atoms with Crippen LogP contribution in [0.4, 0.5) is 10.1 Å². The summed E-state index contributed by atoms with van der Waals surface area (Å²) >= 11 is 0. The zero-order chi connectivity index (χ0) is 12.8. The lowest BCUT2D eigenvalue weighted by atomic mass is 10.1. The number of aliphatic hydroxyl groups is 1. The molecule has 0 saturated carbocycles. The molecule has 1 aromatic rings. The van der Waals surface area contributed by atoms with Crippen molar-refractivity contribution in [1.82, 2.24) is 0 Å². The standard InChI is InChI=1S/C13H20FNO2/c1-4-17-9-8-15(3)12-7-5-6-11(14)13(12)10(2)16/h5-7,10,16H,4,8-9H2,1-3H3/t10-/m0/s1. The number of halogens is 1. The Morgan fingerprint density at radius 2 is 2.18 bits per heavy atom. The van der Waals surface area contributed by atoms with Gasteiger partial charge < -0.3 is 14.7 Å². The van der Waals surface area contributed by atoms with E-state index in [0.29, 0.717) is 31.0 Å². The van der Waals surface area contributed by atoms with Crippen molar-refractivity contribution in [3.63, 3.8) is 0 Å². The second-order valence-corrected chi connectivity index (χ2v) is 3.97. The molecule has 3 nitrogen and oxygen atoms in total. The van der Waals surface area contributed by atoms with Gasteiger partial charge in [-0.3, -0.25) is 0 Å². The highest BCUT2D eigenvalue weighted by Crippen LogP contribution is 2.27. The van der Waals surface area contributed by atoms with E-state index in [1.165, 1.54) is 6.07 Å². The van der Waals surface area contributed by atoms with Gasteiger partial charge in [0.05, 0.1) is 12.7 Å².